The van der Waals surface area contributed by atoms with Crippen molar-refractivity contribution in [2.24, 2.45) is 0 Å². The Morgan fingerprint density at radius 2 is 0.889 bits per heavy atom. The molecule has 108 valence electrons. The van der Waals surface area contributed by atoms with Crippen molar-refractivity contribution in [3.63, 3.8) is 0 Å². The number of hydrogen-bond acceptors (Lipinski definition) is 1. The molecule has 0 spiro atoms. The molecule has 0 unspecified atom stereocenters. The fourth-order valence-electron chi connectivity index (χ4n) is 2.44. The smallest absolute Gasteiger partial charge is 0.257 e. The van der Waals surface area contributed by atoms with Gasteiger partial charge in [-0.15, -0.1) is 0 Å². The van der Waals surface area contributed by atoms with Gasteiger partial charge in [-0.25, -0.2) is 0 Å². The molecule has 0 heterocycles. The molecular formula is C16H35BO. The van der Waals surface area contributed by atoms with Crippen molar-refractivity contribution in [2.75, 3.05) is 6.61 Å². The van der Waals surface area contributed by atoms with E-state index in [1.165, 1.54) is 89.9 Å². The zero-order chi connectivity index (χ0) is 13.3. The number of hydrogen-bond donors (Lipinski definition) is 0. The minimum atomic E-state index is 0.942. The summed E-state index contributed by atoms with van der Waals surface area (Å²) in [7, 11) is 1.79. The SMILES string of the molecule is BOCCCCCCCCCCCCCCCC. The molecule has 0 aromatic carbocycles. The summed E-state index contributed by atoms with van der Waals surface area (Å²) >= 11 is 0. The van der Waals surface area contributed by atoms with Gasteiger partial charge in [0.25, 0.3) is 8.05 Å². The molecule has 0 amide bonds. The monoisotopic (exact) mass is 254 g/mol. The van der Waals surface area contributed by atoms with Crippen molar-refractivity contribution in [3.8, 4) is 0 Å². The van der Waals surface area contributed by atoms with Crippen LogP contribution in [0.5, 0.6) is 0 Å². The molecular weight excluding hydrogens is 219 g/mol. The zero-order valence-electron chi connectivity index (χ0n) is 13.0. The van der Waals surface area contributed by atoms with Gasteiger partial charge in [-0.05, 0) is 6.42 Å². The molecule has 0 saturated heterocycles. The molecule has 0 fully saturated rings. The van der Waals surface area contributed by atoms with E-state index in [1.54, 1.807) is 8.05 Å². The van der Waals surface area contributed by atoms with Gasteiger partial charge in [0.15, 0.2) is 0 Å². The van der Waals surface area contributed by atoms with E-state index in [1.807, 2.05) is 0 Å². The maximum atomic E-state index is 5.05. The molecule has 0 saturated carbocycles. The van der Waals surface area contributed by atoms with E-state index in [4.69, 9.17) is 4.65 Å². The molecule has 0 bridgehead atoms. The van der Waals surface area contributed by atoms with Gasteiger partial charge in [-0.2, -0.15) is 0 Å². The van der Waals surface area contributed by atoms with Crippen LogP contribution in [0.25, 0.3) is 0 Å². The fraction of sp³-hybridized carbons (Fsp3) is 1.00. The highest BCUT2D eigenvalue weighted by molar-refractivity contribution is 5.97. The summed E-state index contributed by atoms with van der Waals surface area (Å²) < 4.78 is 5.05. The van der Waals surface area contributed by atoms with E-state index in [0.717, 1.165) is 6.61 Å². The molecule has 1 nitrogen and oxygen atoms in total. The van der Waals surface area contributed by atoms with Gasteiger partial charge < -0.3 is 4.65 Å². The molecule has 0 aliphatic carbocycles. The Morgan fingerprint density at radius 3 is 1.22 bits per heavy atom. The van der Waals surface area contributed by atoms with Gasteiger partial charge in [-0.3, -0.25) is 0 Å². The lowest BCUT2D eigenvalue weighted by molar-refractivity contribution is 0.332. The topological polar surface area (TPSA) is 9.23 Å². The Bertz CT molecular complexity index is 123. The standard InChI is InChI=1S/C16H35BO/c1-2-3-4-5-6-7-8-9-10-11-12-13-14-15-16-18-17/h2-17H2,1H3. The Labute approximate surface area is 117 Å². The van der Waals surface area contributed by atoms with E-state index in [9.17, 15) is 0 Å². The van der Waals surface area contributed by atoms with Crippen LogP contribution in [0.2, 0.25) is 0 Å². The lowest BCUT2D eigenvalue weighted by Crippen LogP contribution is -1.89. The number of rotatable bonds is 15. The van der Waals surface area contributed by atoms with Crippen LogP contribution in [0.4, 0.5) is 0 Å². The normalized spacial score (nSPS) is 10.9. The molecule has 0 N–H and O–H groups in total. The van der Waals surface area contributed by atoms with Crippen LogP contribution in [0.1, 0.15) is 96.8 Å². The minimum Gasteiger partial charge on any atom is -0.444 e. The maximum Gasteiger partial charge on any atom is 0.257 e. The third-order valence-electron chi connectivity index (χ3n) is 3.70. The van der Waals surface area contributed by atoms with Crippen LogP contribution in [-0.2, 0) is 4.65 Å². The summed E-state index contributed by atoms with van der Waals surface area (Å²) in [6, 6.07) is 0. The summed E-state index contributed by atoms with van der Waals surface area (Å²) in [5.41, 5.74) is 0. The average Bonchev–Trinajstić information content (AvgIpc) is 2.39. The summed E-state index contributed by atoms with van der Waals surface area (Å²) in [5.74, 6) is 0. The van der Waals surface area contributed by atoms with Gasteiger partial charge >= 0.3 is 0 Å². The van der Waals surface area contributed by atoms with Crippen LogP contribution >= 0.6 is 0 Å². The lowest BCUT2D eigenvalue weighted by Gasteiger charge is -2.03. The lowest BCUT2D eigenvalue weighted by atomic mass is 10.0. The second-order valence-electron chi connectivity index (χ2n) is 5.59. The van der Waals surface area contributed by atoms with Gasteiger partial charge in [0.2, 0.25) is 0 Å². The van der Waals surface area contributed by atoms with Crippen LogP contribution in [0, 0.1) is 0 Å². The second kappa shape index (κ2) is 17.0. The first-order chi connectivity index (χ1) is 8.91. The minimum absolute atomic E-state index is 0.942. The Morgan fingerprint density at radius 1 is 0.556 bits per heavy atom. The highest BCUT2D eigenvalue weighted by atomic mass is 16.4. The summed E-state index contributed by atoms with van der Waals surface area (Å²) in [5, 5.41) is 0. The summed E-state index contributed by atoms with van der Waals surface area (Å²) in [6.07, 6.45) is 19.9. The molecule has 0 aliphatic rings. The van der Waals surface area contributed by atoms with Crippen LogP contribution in [0.15, 0.2) is 0 Å². The molecule has 0 atom stereocenters. The third kappa shape index (κ3) is 16.0. The predicted octanol–water partition coefficient (Wildman–Crippen LogP) is 5.03. The van der Waals surface area contributed by atoms with E-state index >= 15 is 0 Å². The van der Waals surface area contributed by atoms with Gasteiger partial charge in [0, 0.05) is 6.61 Å². The first kappa shape index (κ1) is 18.0. The van der Waals surface area contributed by atoms with Crippen molar-refractivity contribution in [1.82, 2.24) is 0 Å². The van der Waals surface area contributed by atoms with Crippen molar-refractivity contribution in [2.45, 2.75) is 96.8 Å². The molecule has 0 rings (SSSR count). The van der Waals surface area contributed by atoms with E-state index in [0.29, 0.717) is 0 Å². The average molecular weight is 254 g/mol. The number of unbranched alkanes of at least 4 members (excludes halogenated alkanes) is 13. The maximum absolute atomic E-state index is 5.05. The molecule has 0 aromatic rings. The highest BCUT2D eigenvalue weighted by Gasteiger charge is 1.93. The predicted molar refractivity (Wildman–Crippen MR) is 84.8 cm³/mol. The van der Waals surface area contributed by atoms with Crippen molar-refractivity contribution in [1.29, 1.82) is 0 Å². The molecule has 0 aromatic heterocycles. The van der Waals surface area contributed by atoms with E-state index in [-0.39, 0.29) is 0 Å². The molecule has 0 aliphatic heterocycles. The second-order valence-corrected chi connectivity index (χ2v) is 5.59. The Kier molecular flexibility index (Phi) is 17.0. The van der Waals surface area contributed by atoms with E-state index in [2.05, 4.69) is 6.92 Å². The van der Waals surface area contributed by atoms with Crippen LogP contribution in [-0.4, -0.2) is 14.7 Å². The summed E-state index contributed by atoms with van der Waals surface area (Å²) in [6.45, 7) is 3.23. The quantitative estimate of drug-likeness (QED) is 0.294. The van der Waals surface area contributed by atoms with E-state index < -0.39 is 0 Å². The first-order valence-electron chi connectivity index (χ1n) is 8.40. The fourth-order valence-corrected chi connectivity index (χ4v) is 2.44. The Hall–Kier alpha value is 0.0249. The van der Waals surface area contributed by atoms with Crippen molar-refractivity contribution >= 4 is 8.05 Å². The molecule has 18 heavy (non-hydrogen) atoms. The van der Waals surface area contributed by atoms with Crippen molar-refractivity contribution in [3.05, 3.63) is 0 Å². The van der Waals surface area contributed by atoms with Crippen molar-refractivity contribution < 1.29 is 4.65 Å². The molecule has 0 radical (unpaired) electrons. The van der Waals surface area contributed by atoms with Gasteiger partial charge in [-0.1, -0.05) is 90.4 Å². The largest absolute Gasteiger partial charge is 0.444 e. The van der Waals surface area contributed by atoms with Crippen LogP contribution < -0.4 is 0 Å². The highest BCUT2D eigenvalue weighted by Crippen LogP contribution is 2.12. The molecule has 2 heteroatoms. The summed E-state index contributed by atoms with van der Waals surface area (Å²) in [4.78, 5) is 0. The first-order valence-corrected chi connectivity index (χ1v) is 8.40. The van der Waals surface area contributed by atoms with Crippen LogP contribution in [0.3, 0.4) is 0 Å². The zero-order valence-corrected chi connectivity index (χ0v) is 13.0. The third-order valence-corrected chi connectivity index (χ3v) is 3.70. The van der Waals surface area contributed by atoms with Gasteiger partial charge in [0.05, 0.1) is 0 Å². The van der Waals surface area contributed by atoms with Gasteiger partial charge in [0.1, 0.15) is 0 Å². The Balaban J connectivity index is 2.86.